The number of nitrogens with zero attached hydrogens (tertiary/aromatic N) is 2. The Morgan fingerprint density at radius 1 is 1.43 bits per heavy atom. The molecule has 2 rings (SSSR count). The summed E-state index contributed by atoms with van der Waals surface area (Å²) in [5.74, 6) is 0.946. The second-order valence-corrected chi connectivity index (χ2v) is 7.22. The number of piperidine rings is 1. The third-order valence-electron chi connectivity index (χ3n) is 4.14. The van der Waals surface area contributed by atoms with Crippen molar-refractivity contribution < 1.29 is 4.79 Å². The van der Waals surface area contributed by atoms with Crippen molar-refractivity contribution in [2.24, 2.45) is 5.92 Å². The van der Waals surface area contributed by atoms with Gasteiger partial charge in [-0.2, -0.15) is 0 Å². The molecule has 2 heterocycles. The van der Waals surface area contributed by atoms with Crippen LogP contribution in [-0.4, -0.2) is 28.9 Å². The molecular formula is C16H27N3OS. The van der Waals surface area contributed by atoms with E-state index in [-0.39, 0.29) is 5.91 Å². The molecule has 4 nitrogen and oxygen atoms in total. The SMILES string of the molecule is CCCCC(=O)Nc1nc(C)c(CN2CCC(C)CC2)s1. The first-order chi connectivity index (χ1) is 10.1. The van der Waals surface area contributed by atoms with Gasteiger partial charge in [0.25, 0.3) is 0 Å². The van der Waals surface area contributed by atoms with E-state index < -0.39 is 0 Å². The van der Waals surface area contributed by atoms with Gasteiger partial charge in [-0.25, -0.2) is 4.98 Å². The summed E-state index contributed by atoms with van der Waals surface area (Å²) in [6.07, 6.45) is 5.16. The predicted octanol–water partition coefficient (Wildman–Crippen LogP) is 3.81. The highest BCUT2D eigenvalue weighted by molar-refractivity contribution is 7.15. The van der Waals surface area contributed by atoms with Crippen LogP contribution in [0, 0.1) is 12.8 Å². The molecule has 1 N–H and O–H groups in total. The van der Waals surface area contributed by atoms with Gasteiger partial charge < -0.3 is 5.32 Å². The first kappa shape index (κ1) is 16.4. The normalized spacial score (nSPS) is 17.1. The Labute approximate surface area is 132 Å². The maximum absolute atomic E-state index is 11.8. The number of aromatic nitrogens is 1. The summed E-state index contributed by atoms with van der Waals surface area (Å²) in [7, 11) is 0. The Morgan fingerprint density at radius 3 is 2.81 bits per heavy atom. The van der Waals surface area contributed by atoms with Crippen LogP contribution in [0.4, 0.5) is 5.13 Å². The molecule has 0 radical (unpaired) electrons. The number of amides is 1. The summed E-state index contributed by atoms with van der Waals surface area (Å²) >= 11 is 1.63. The monoisotopic (exact) mass is 309 g/mol. The number of likely N-dealkylation sites (tertiary alicyclic amines) is 1. The fourth-order valence-corrected chi connectivity index (χ4v) is 3.59. The molecule has 5 heteroatoms. The standard InChI is InChI=1S/C16H27N3OS/c1-4-5-6-15(20)18-16-17-13(3)14(21-16)11-19-9-7-12(2)8-10-19/h12H,4-11H2,1-3H3,(H,17,18,20). The first-order valence-corrected chi connectivity index (χ1v) is 8.88. The third-order valence-corrected chi connectivity index (χ3v) is 5.20. The summed E-state index contributed by atoms with van der Waals surface area (Å²) in [6.45, 7) is 9.80. The van der Waals surface area contributed by atoms with Crippen LogP contribution in [0.5, 0.6) is 0 Å². The molecule has 1 aromatic heterocycles. The van der Waals surface area contributed by atoms with Crippen LogP contribution in [0.1, 0.15) is 56.5 Å². The second-order valence-electron chi connectivity index (χ2n) is 6.14. The first-order valence-electron chi connectivity index (χ1n) is 8.07. The molecule has 0 spiro atoms. The van der Waals surface area contributed by atoms with Gasteiger partial charge in [0.1, 0.15) is 0 Å². The van der Waals surface area contributed by atoms with Crippen LogP contribution in [0.3, 0.4) is 0 Å². The second kappa shape index (κ2) is 7.90. The molecule has 1 aromatic rings. The van der Waals surface area contributed by atoms with Crippen molar-refractivity contribution >= 4 is 22.4 Å². The zero-order chi connectivity index (χ0) is 15.2. The summed E-state index contributed by atoms with van der Waals surface area (Å²) in [6, 6.07) is 0. The van der Waals surface area contributed by atoms with E-state index in [0.29, 0.717) is 6.42 Å². The van der Waals surface area contributed by atoms with E-state index in [1.54, 1.807) is 11.3 Å². The van der Waals surface area contributed by atoms with E-state index in [4.69, 9.17) is 0 Å². The number of carbonyl (C=O) groups is 1. The van der Waals surface area contributed by atoms with Gasteiger partial charge in [-0.05, 0) is 45.2 Å². The molecule has 1 fully saturated rings. The molecule has 0 saturated carbocycles. The lowest BCUT2D eigenvalue weighted by Crippen LogP contribution is -2.32. The minimum atomic E-state index is 0.0870. The number of hydrogen-bond donors (Lipinski definition) is 1. The third kappa shape index (κ3) is 5.08. The number of unbranched alkanes of at least 4 members (excludes halogenated alkanes) is 1. The van der Waals surface area contributed by atoms with Crippen molar-refractivity contribution in [3.63, 3.8) is 0 Å². The molecule has 0 unspecified atom stereocenters. The van der Waals surface area contributed by atoms with Crippen LogP contribution in [0.25, 0.3) is 0 Å². The van der Waals surface area contributed by atoms with E-state index in [1.165, 1.54) is 30.8 Å². The molecule has 1 aliphatic rings. The van der Waals surface area contributed by atoms with E-state index in [9.17, 15) is 4.79 Å². The zero-order valence-electron chi connectivity index (χ0n) is 13.4. The van der Waals surface area contributed by atoms with Crippen LogP contribution in [0.2, 0.25) is 0 Å². The van der Waals surface area contributed by atoms with Gasteiger partial charge >= 0.3 is 0 Å². The smallest absolute Gasteiger partial charge is 0.226 e. The fraction of sp³-hybridized carbons (Fsp3) is 0.750. The topological polar surface area (TPSA) is 45.2 Å². The van der Waals surface area contributed by atoms with Gasteiger partial charge in [0, 0.05) is 17.8 Å². The van der Waals surface area contributed by atoms with Crippen molar-refractivity contribution in [1.82, 2.24) is 9.88 Å². The molecule has 0 aromatic carbocycles. The average molecular weight is 309 g/mol. The van der Waals surface area contributed by atoms with Crippen molar-refractivity contribution in [3.8, 4) is 0 Å². The lowest BCUT2D eigenvalue weighted by molar-refractivity contribution is -0.116. The van der Waals surface area contributed by atoms with Crippen molar-refractivity contribution in [1.29, 1.82) is 0 Å². The summed E-state index contributed by atoms with van der Waals surface area (Å²) in [5, 5.41) is 3.69. The summed E-state index contributed by atoms with van der Waals surface area (Å²) < 4.78 is 0. The Morgan fingerprint density at radius 2 is 2.14 bits per heavy atom. The lowest BCUT2D eigenvalue weighted by Gasteiger charge is -2.29. The molecule has 1 saturated heterocycles. The van der Waals surface area contributed by atoms with E-state index in [2.05, 4.69) is 29.0 Å². The highest BCUT2D eigenvalue weighted by Gasteiger charge is 2.18. The van der Waals surface area contributed by atoms with Gasteiger partial charge in [-0.15, -0.1) is 11.3 Å². The maximum Gasteiger partial charge on any atom is 0.226 e. The van der Waals surface area contributed by atoms with E-state index >= 15 is 0 Å². The number of carbonyl (C=O) groups excluding carboxylic acids is 1. The number of aryl methyl sites for hydroxylation is 1. The molecule has 1 amide bonds. The lowest BCUT2D eigenvalue weighted by atomic mass is 9.99. The number of nitrogens with one attached hydrogen (secondary N) is 1. The molecule has 0 aliphatic carbocycles. The minimum absolute atomic E-state index is 0.0870. The molecule has 0 atom stereocenters. The van der Waals surface area contributed by atoms with Crippen molar-refractivity contribution in [3.05, 3.63) is 10.6 Å². The Bertz CT molecular complexity index is 464. The number of thiazole rings is 1. The largest absolute Gasteiger partial charge is 0.302 e. The van der Waals surface area contributed by atoms with E-state index in [1.807, 2.05) is 6.92 Å². The number of rotatable bonds is 6. The van der Waals surface area contributed by atoms with Gasteiger partial charge in [-0.3, -0.25) is 9.69 Å². The van der Waals surface area contributed by atoms with Crippen LogP contribution < -0.4 is 5.32 Å². The van der Waals surface area contributed by atoms with Crippen LogP contribution in [0.15, 0.2) is 0 Å². The number of anilines is 1. The molecule has 21 heavy (non-hydrogen) atoms. The van der Waals surface area contributed by atoms with Gasteiger partial charge in [-0.1, -0.05) is 20.3 Å². The van der Waals surface area contributed by atoms with Gasteiger partial charge in [0.05, 0.1) is 5.69 Å². The molecule has 0 bridgehead atoms. The Balaban J connectivity index is 1.88. The molecular weight excluding hydrogens is 282 g/mol. The Hall–Kier alpha value is -0.940. The Kier molecular flexibility index (Phi) is 6.18. The van der Waals surface area contributed by atoms with Crippen molar-refractivity contribution in [2.45, 2.75) is 59.4 Å². The highest BCUT2D eigenvalue weighted by atomic mass is 32.1. The van der Waals surface area contributed by atoms with Crippen molar-refractivity contribution in [2.75, 3.05) is 18.4 Å². The maximum atomic E-state index is 11.8. The predicted molar refractivity (Wildman–Crippen MR) is 88.7 cm³/mol. The fourth-order valence-electron chi connectivity index (χ4n) is 2.57. The van der Waals surface area contributed by atoms with E-state index in [0.717, 1.165) is 36.1 Å². The zero-order valence-corrected chi connectivity index (χ0v) is 14.3. The minimum Gasteiger partial charge on any atom is -0.302 e. The summed E-state index contributed by atoms with van der Waals surface area (Å²) in [5.41, 5.74) is 1.06. The van der Waals surface area contributed by atoms with Crippen LogP contribution in [-0.2, 0) is 11.3 Å². The molecule has 1 aliphatic heterocycles. The average Bonchev–Trinajstić information content (AvgIpc) is 2.79. The number of hydrogen-bond acceptors (Lipinski definition) is 4. The van der Waals surface area contributed by atoms with Gasteiger partial charge in [0.2, 0.25) is 5.91 Å². The quantitative estimate of drug-likeness (QED) is 0.869. The van der Waals surface area contributed by atoms with Crippen LogP contribution >= 0.6 is 11.3 Å². The summed E-state index contributed by atoms with van der Waals surface area (Å²) in [4.78, 5) is 20.1. The van der Waals surface area contributed by atoms with Gasteiger partial charge in [0.15, 0.2) is 5.13 Å². The molecule has 118 valence electrons. The highest BCUT2D eigenvalue weighted by Crippen LogP contribution is 2.26.